The standard InChI is InChI=1S/C6H14N2O/c1-6(2,4-9)3-8-5-7/h5,9H,3-4H2,1-2H3,(H2,7,8). The minimum absolute atomic E-state index is 0.129. The highest BCUT2D eigenvalue weighted by molar-refractivity contribution is 5.51. The summed E-state index contributed by atoms with van der Waals surface area (Å²) in [6, 6.07) is 0. The third-order valence-electron chi connectivity index (χ3n) is 1.05. The van der Waals surface area contributed by atoms with Crippen molar-refractivity contribution in [2.75, 3.05) is 13.2 Å². The molecular formula is C6H14N2O. The molecule has 0 aliphatic heterocycles. The summed E-state index contributed by atoms with van der Waals surface area (Å²) in [5.41, 5.74) is 4.89. The van der Waals surface area contributed by atoms with Gasteiger partial charge in [0, 0.05) is 18.6 Å². The van der Waals surface area contributed by atoms with Crippen molar-refractivity contribution in [3.05, 3.63) is 0 Å². The Morgan fingerprint density at radius 3 is 2.56 bits per heavy atom. The summed E-state index contributed by atoms with van der Waals surface area (Å²) in [5, 5.41) is 8.71. The van der Waals surface area contributed by atoms with Gasteiger partial charge in [-0.1, -0.05) is 13.8 Å². The molecular weight excluding hydrogens is 116 g/mol. The van der Waals surface area contributed by atoms with Crippen molar-refractivity contribution in [2.24, 2.45) is 16.1 Å². The highest BCUT2D eigenvalue weighted by atomic mass is 16.3. The Kier molecular flexibility index (Phi) is 3.24. The van der Waals surface area contributed by atoms with E-state index in [0.29, 0.717) is 6.54 Å². The van der Waals surface area contributed by atoms with Crippen LogP contribution in [0.1, 0.15) is 13.8 Å². The van der Waals surface area contributed by atoms with Crippen LogP contribution < -0.4 is 5.73 Å². The summed E-state index contributed by atoms with van der Waals surface area (Å²) < 4.78 is 0. The van der Waals surface area contributed by atoms with Crippen molar-refractivity contribution in [1.29, 1.82) is 0 Å². The molecule has 0 atom stereocenters. The van der Waals surface area contributed by atoms with Crippen LogP contribution in [0, 0.1) is 5.41 Å². The van der Waals surface area contributed by atoms with Crippen molar-refractivity contribution in [1.82, 2.24) is 0 Å². The van der Waals surface area contributed by atoms with E-state index in [1.807, 2.05) is 13.8 Å². The summed E-state index contributed by atoms with van der Waals surface area (Å²) in [5.74, 6) is 0. The number of nitrogens with two attached hydrogens (primary N) is 1. The first-order valence-electron chi connectivity index (χ1n) is 2.93. The predicted octanol–water partition coefficient (Wildman–Crippen LogP) is -0.00810. The van der Waals surface area contributed by atoms with Crippen molar-refractivity contribution >= 4 is 6.34 Å². The molecule has 0 spiro atoms. The maximum Gasteiger partial charge on any atom is 0.0797 e. The van der Waals surface area contributed by atoms with Gasteiger partial charge < -0.3 is 10.8 Å². The molecule has 3 heteroatoms. The van der Waals surface area contributed by atoms with Crippen LogP contribution in [0.2, 0.25) is 0 Å². The van der Waals surface area contributed by atoms with Crippen LogP contribution in [-0.4, -0.2) is 24.6 Å². The average molecular weight is 130 g/mol. The van der Waals surface area contributed by atoms with Crippen LogP contribution in [0.4, 0.5) is 0 Å². The number of aliphatic hydroxyl groups excluding tert-OH is 1. The van der Waals surface area contributed by atoms with Gasteiger partial charge in [-0.25, -0.2) is 0 Å². The van der Waals surface area contributed by atoms with Gasteiger partial charge in [-0.3, -0.25) is 4.99 Å². The maximum atomic E-state index is 8.71. The maximum absolute atomic E-state index is 8.71. The van der Waals surface area contributed by atoms with E-state index in [4.69, 9.17) is 10.8 Å². The number of aliphatic imine (C=N–C) groups is 1. The zero-order valence-electron chi connectivity index (χ0n) is 5.96. The lowest BCUT2D eigenvalue weighted by Crippen LogP contribution is -2.20. The van der Waals surface area contributed by atoms with Gasteiger partial charge in [-0.15, -0.1) is 0 Å². The number of aliphatic hydroxyl groups is 1. The lowest BCUT2D eigenvalue weighted by Gasteiger charge is -2.17. The van der Waals surface area contributed by atoms with E-state index in [-0.39, 0.29) is 12.0 Å². The molecule has 0 aromatic rings. The van der Waals surface area contributed by atoms with Crippen molar-refractivity contribution < 1.29 is 5.11 Å². The van der Waals surface area contributed by atoms with Gasteiger partial charge in [0.2, 0.25) is 0 Å². The molecule has 0 aliphatic carbocycles. The van der Waals surface area contributed by atoms with Crippen LogP contribution in [0.5, 0.6) is 0 Å². The van der Waals surface area contributed by atoms with Gasteiger partial charge in [0.25, 0.3) is 0 Å². The summed E-state index contributed by atoms with van der Waals surface area (Å²) in [6.45, 7) is 4.59. The number of hydrogen-bond donors (Lipinski definition) is 2. The van der Waals surface area contributed by atoms with E-state index >= 15 is 0 Å². The summed E-state index contributed by atoms with van der Waals surface area (Å²) in [4.78, 5) is 3.81. The molecule has 54 valence electrons. The first-order valence-corrected chi connectivity index (χ1v) is 2.93. The van der Waals surface area contributed by atoms with E-state index < -0.39 is 0 Å². The van der Waals surface area contributed by atoms with Crippen LogP contribution >= 0.6 is 0 Å². The molecule has 0 unspecified atom stereocenters. The van der Waals surface area contributed by atoms with E-state index in [0.717, 1.165) is 0 Å². The van der Waals surface area contributed by atoms with Gasteiger partial charge >= 0.3 is 0 Å². The molecule has 0 radical (unpaired) electrons. The Hall–Kier alpha value is -0.570. The van der Waals surface area contributed by atoms with Crippen LogP contribution in [-0.2, 0) is 0 Å². The summed E-state index contributed by atoms with van der Waals surface area (Å²) >= 11 is 0. The van der Waals surface area contributed by atoms with Crippen molar-refractivity contribution in [3.8, 4) is 0 Å². The molecule has 0 rings (SSSR count). The summed E-state index contributed by atoms with van der Waals surface area (Å²) in [7, 11) is 0. The summed E-state index contributed by atoms with van der Waals surface area (Å²) in [6.07, 6.45) is 1.26. The molecule has 0 aromatic carbocycles. The van der Waals surface area contributed by atoms with Crippen LogP contribution in [0.25, 0.3) is 0 Å². The Labute approximate surface area is 55.6 Å². The third kappa shape index (κ3) is 3.97. The van der Waals surface area contributed by atoms with Crippen molar-refractivity contribution in [2.45, 2.75) is 13.8 Å². The van der Waals surface area contributed by atoms with Gasteiger partial charge in [0.1, 0.15) is 0 Å². The molecule has 9 heavy (non-hydrogen) atoms. The fourth-order valence-corrected chi connectivity index (χ4v) is 0.350. The molecule has 0 aliphatic rings. The highest BCUT2D eigenvalue weighted by Gasteiger charge is 2.14. The van der Waals surface area contributed by atoms with E-state index in [1.54, 1.807) is 0 Å². The van der Waals surface area contributed by atoms with Gasteiger partial charge in [0.15, 0.2) is 0 Å². The molecule has 0 amide bonds. The van der Waals surface area contributed by atoms with E-state index in [1.165, 1.54) is 6.34 Å². The smallest absolute Gasteiger partial charge is 0.0797 e. The molecule has 0 heterocycles. The Balaban J connectivity index is 3.58. The predicted molar refractivity (Wildman–Crippen MR) is 38.4 cm³/mol. The number of nitrogens with zero attached hydrogens (tertiary/aromatic N) is 1. The Morgan fingerprint density at radius 2 is 2.22 bits per heavy atom. The first-order chi connectivity index (χ1) is 4.12. The second-order valence-electron chi connectivity index (χ2n) is 2.81. The minimum atomic E-state index is -0.129. The second kappa shape index (κ2) is 3.45. The normalized spacial score (nSPS) is 12.8. The minimum Gasteiger partial charge on any atom is -0.396 e. The van der Waals surface area contributed by atoms with Gasteiger partial charge in [-0.05, 0) is 0 Å². The van der Waals surface area contributed by atoms with Crippen LogP contribution in [0.15, 0.2) is 4.99 Å². The van der Waals surface area contributed by atoms with Crippen molar-refractivity contribution in [3.63, 3.8) is 0 Å². The fraction of sp³-hybridized carbons (Fsp3) is 0.833. The molecule has 0 saturated heterocycles. The Morgan fingerprint density at radius 1 is 1.67 bits per heavy atom. The quantitative estimate of drug-likeness (QED) is 0.417. The van der Waals surface area contributed by atoms with E-state index in [2.05, 4.69) is 4.99 Å². The number of rotatable bonds is 3. The lowest BCUT2D eigenvalue weighted by molar-refractivity contribution is 0.167. The largest absolute Gasteiger partial charge is 0.396 e. The van der Waals surface area contributed by atoms with Gasteiger partial charge in [-0.2, -0.15) is 0 Å². The van der Waals surface area contributed by atoms with E-state index in [9.17, 15) is 0 Å². The average Bonchev–Trinajstić information content (AvgIpc) is 1.84. The number of hydrogen-bond acceptors (Lipinski definition) is 2. The fourth-order valence-electron chi connectivity index (χ4n) is 0.350. The molecule has 3 nitrogen and oxygen atoms in total. The Bertz CT molecular complexity index is 99.2. The molecule has 3 N–H and O–H groups in total. The monoisotopic (exact) mass is 130 g/mol. The second-order valence-corrected chi connectivity index (χ2v) is 2.81. The molecule has 0 aromatic heterocycles. The zero-order valence-corrected chi connectivity index (χ0v) is 5.96. The lowest BCUT2D eigenvalue weighted by atomic mass is 9.95. The molecule has 0 bridgehead atoms. The first kappa shape index (κ1) is 8.43. The van der Waals surface area contributed by atoms with Gasteiger partial charge in [0.05, 0.1) is 6.34 Å². The topological polar surface area (TPSA) is 58.6 Å². The highest BCUT2D eigenvalue weighted by Crippen LogP contribution is 2.12. The molecule has 0 fully saturated rings. The third-order valence-corrected chi connectivity index (χ3v) is 1.05. The van der Waals surface area contributed by atoms with Crippen LogP contribution in [0.3, 0.4) is 0 Å². The molecule has 0 saturated carbocycles. The zero-order chi connectivity index (χ0) is 7.33. The SMILES string of the molecule is CC(C)(CO)CN=CN.